The van der Waals surface area contributed by atoms with E-state index < -0.39 is 0 Å². The molecule has 0 saturated carbocycles. The Hall–Kier alpha value is -2.38. The summed E-state index contributed by atoms with van der Waals surface area (Å²) in [7, 11) is 3.27. The van der Waals surface area contributed by atoms with Gasteiger partial charge in [0.2, 0.25) is 11.8 Å². The van der Waals surface area contributed by atoms with Crippen LogP contribution in [0.4, 0.5) is 5.95 Å². The Bertz CT molecular complexity index is 660. The Kier molecular flexibility index (Phi) is 6.03. The highest BCUT2D eigenvalue weighted by atomic mass is 16.5. The monoisotopic (exact) mass is 344 g/mol. The molecule has 7 nitrogen and oxygen atoms in total. The van der Waals surface area contributed by atoms with Crippen LogP contribution in [0.15, 0.2) is 36.5 Å². The number of ether oxygens (including phenoxy) is 3. The van der Waals surface area contributed by atoms with E-state index in [4.69, 9.17) is 14.2 Å². The predicted octanol–water partition coefficient (Wildman–Crippen LogP) is 1.98. The SMILES string of the molecule is COc1ccc([C@H](CN2CCOCC2)Nc2nccc(OC)n2)cc1. The van der Waals surface area contributed by atoms with E-state index in [0.717, 1.165) is 44.2 Å². The molecule has 0 bridgehead atoms. The molecule has 1 saturated heterocycles. The lowest BCUT2D eigenvalue weighted by atomic mass is 10.1. The highest BCUT2D eigenvalue weighted by molar-refractivity contribution is 5.36. The van der Waals surface area contributed by atoms with Crippen molar-refractivity contribution in [1.82, 2.24) is 14.9 Å². The van der Waals surface area contributed by atoms with Crippen LogP contribution in [0.1, 0.15) is 11.6 Å². The minimum absolute atomic E-state index is 0.0520. The number of aromatic nitrogens is 2. The van der Waals surface area contributed by atoms with Crippen molar-refractivity contribution in [2.24, 2.45) is 0 Å². The molecule has 25 heavy (non-hydrogen) atoms. The van der Waals surface area contributed by atoms with Gasteiger partial charge in [0.1, 0.15) is 5.75 Å². The Morgan fingerprint density at radius 1 is 1.12 bits per heavy atom. The van der Waals surface area contributed by atoms with Crippen molar-refractivity contribution in [2.45, 2.75) is 6.04 Å². The van der Waals surface area contributed by atoms with E-state index in [1.54, 1.807) is 26.5 Å². The first-order valence-corrected chi connectivity index (χ1v) is 8.36. The summed E-state index contributed by atoms with van der Waals surface area (Å²) in [5.74, 6) is 1.93. The molecule has 0 radical (unpaired) electrons. The van der Waals surface area contributed by atoms with Crippen LogP contribution in [-0.2, 0) is 4.74 Å². The van der Waals surface area contributed by atoms with Gasteiger partial charge in [-0.1, -0.05) is 12.1 Å². The van der Waals surface area contributed by atoms with Crippen molar-refractivity contribution in [2.75, 3.05) is 52.4 Å². The molecule has 1 aliphatic heterocycles. The van der Waals surface area contributed by atoms with Crippen molar-refractivity contribution in [3.63, 3.8) is 0 Å². The zero-order valence-electron chi connectivity index (χ0n) is 14.6. The molecule has 2 aromatic rings. The Morgan fingerprint density at radius 3 is 2.56 bits per heavy atom. The molecule has 1 aromatic heterocycles. The molecular formula is C18H24N4O3. The minimum Gasteiger partial charge on any atom is -0.497 e. The van der Waals surface area contributed by atoms with Crippen molar-refractivity contribution in [3.8, 4) is 11.6 Å². The van der Waals surface area contributed by atoms with Gasteiger partial charge in [-0.15, -0.1) is 0 Å². The van der Waals surface area contributed by atoms with Crippen LogP contribution in [0.2, 0.25) is 0 Å². The third-order valence-electron chi connectivity index (χ3n) is 4.21. The van der Waals surface area contributed by atoms with Gasteiger partial charge in [-0.2, -0.15) is 4.98 Å². The smallest absolute Gasteiger partial charge is 0.226 e. The van der Waals surface area contributed by atoms with Gasteiger partial charge in [0.05, 0.1) is 33.5 Å². The Morgan fingerprint density at radius 2 is 1.88 bits per heavy atom. The van der Waals surface area contributed by atoms with E-state index in [2.05, 4.69) is 32.3 Å². The quantitative estimate of drug-likeness (QED) is 0.823. The fourth-order valence-electron chi connectivity index (χ4n) is 2.79. The van der Waals surface area contributed by atoms with Gasteiger partial charge in [-0.3, -0.25) is 4.90 Å². The average molecular weight is 344 g/mol. The van der Waals surface area contributed by atoms with Crippen LogP contribution >= 0.6 is 0 Å². The van der Waals surface area contributed by atoms with Crippen molar-refractivity contribution < 1.29 is 14.2 Å². The number of nitrogens with zero attached hydrogens (tertiary/aromatic N) is 3. The molecule has 1 aromatic carbocycles. The number of benzene rings is 1. The number of anilines is 1. The van der Waals surface area contributed by atoms with Crippen molar-refractivity contribution >= 4 is 5.95 Å². The van der Waals surface area contributed by atoms with Crippen LogP contribution in [0.3, 0.4) is 0 Å². The summed E-state index contributed by atoms with van der Waals surface area (Å²) in [6, 6.07) is 9.85. The largest absolute Gasteiger partial charge is 0.497 e. The van der Waals surface area contributed by atoms with E-state index in [1.807, 2.05) is 12.1 Å². The van der Waals surface area contributed by atoms with E-state index in [0.29, 0.717) is 11.8 Å². The molecule has 134 valence electrons. The first-order valence-electron chi connectivity index (χ1n) is 8.36. The lowest BCUT2D eigenvalue weighted by Gasteiger charge is -2.31. The summed E-state index contributed by atoms with van der Waals surface area (Å²) < 4.78 is 15.9. The van der Waals surface area contributed by atoms with Crippen LogP contribution in [0.5, 0.6) is 11.6 Å². The molecule has 2 heterocycles. The molecule has 1 N–H and O–H groups in total. The van der Waals surface area contributed by atoms with Gasteiger partial charge in [0.25, 0.3) is 0 Å². The molecule has 0 aliphatic carbocycles. The number of hydrogen-bond acceptors (Lipinski definition) is 7. The van der Waals surface area contributed by atoms with Gasteiger partial charge < -0.3 is 19.5 Å². The average Bonchev–Trinajstić information content (AvgIpc) is 2.68. The molecule has 0 spiro atoms. The normalized spacial score (nSPS) is 16.2. The molecule has 7 heteroatoms. The first kappa shape index (κ1) is 17.4. The second-order valence-corrected chi connectivity index (χ2v) is 5.81. The van der Waals surface area contributed by atoms with E-state index >= 15 is 0 Å². The van der Waals surface area contributed by atoms with Crippen LogP contribution in [0, 0.1) is 0 Å². The van der Waals surface area contributed by atoms with E-state index in [9.17, 15) is 0 Å². The van der Waals surface area contributed by atoms with Crippen LogP contribution in [-0.4, -0.2) is 61.9 Å². The van der Waals surface area contributed by atoms with Crippen molar-refractivity contribution in [3.05, 3.63) is 42.1 Å². The number of nitrogens with one attached hydrogen (secondary N) is 1. The zero-order valence-corrected chi connectivity index (χ0v) is 14.6. The van der Waals surface area contributed by atoms with Crippen LogP contribution < -0.4 is 14.8 Å². The summed E-state index contributed by atoms with van der Waals surface area (Å²) in [5.41, 5.74) is 1.15. The van der Waals surface area contributed by atoms with Gasteiger partial charge >= 0.3 is 0 Å². The molecule has 0 unspecified atom stereocenters. The Balaban J connectivity index is 1.78. The maximum Gasteiger partial charge on any atom is 0.226 e. The maximum atomic E-state index is 5.45. The summed E-state index contributed by atoms with van der Waals surface area (Å²) in [5, 5.41) is 3.43. The number of hydrogen-bond donors (Lipinski definition) is 1. The summed E-state index contributed by atoms with van der Waals surface area (Å²) in [4.78, 5) is 11.1. The standard InChI is InChI=1S/C18H24N4O3/c1-23-15-5-3-14(4-6-15)16(13-22-9-11-25-12-10-22)20-18-19-8-7-17(21-18)24-2/h3-8,16H,9-13H2,1-2H3,(H,19,20,21)/t16-/m0/s1. The van der Waals surface area contributed by atoms with Gasteiger partial charge in [0.15, 0.2) is 0 Å². The Labute approximate surface area is 147 Å². The maximum absolute atomic E-state index is 5.45. The highest BCUT2D eigenvalue weighted by Crippen LogP contribution is 2.22. The van der Waals surface area contributed by atoms with Crippen molar-refractivity contribution in [1.29, 1.82) is 0 Å². The van der Waals surface area contributed by atoms with Gasteiger partial charge in [0, 0.05) is 31.9 Å². The molecule has 3 rings (SSSR count). The minimum atomic E-state index is 0.0520. The summed E-state index contributed by atoms with van der Waals surface area (Å²) in [6.45, 7) is 4.23. The summed E-state index contributed by atoms with van der Waals surface area (Å²) >= 11 is 0. The highest BCUT2D eigenvalue weighted by Gasteiger charge is 2.19. The van der Waals surface area contributed by atoms with Crippen LogP contribution in [0.25, 0.3) is 0 Å². The molecule has 1 fully saturated rings. The molecule has 1 aliphatic rings. The molecular weight excluding hydrogens is 320 g/mol. The lowest BCUT2D eigenvalue weighted by molar-refractivity contribution is 0.0360. The third-order valence-corrected chi connectivity index (χ3v) is 4.21. The fraction of sp³-hybridized carbons (Fsp3) is 0.444. The third kappa shape index (κ3) is 4.80. The number of rotatable bonds is 7. The second kappa shape index (κ2) is 8.64. The summed E-state index contributed by atoms with van der Waals surface area (Å²) in [6.07, 6.45) is 1.69. The van der Waals surface area contributed by atoms with Gasteiger partial charge in [-0.05, 0) is 17.7 Å². The number of morpholine rings is 1. The zero-order chi connectivity index (χ0) is 17.5. The number of methoxy groups -OCH3 is 2. The molecule has 1 atom stereocenters. The predicted molar refractivity (Wildman–Crippen MR) is 95.2 cm³/mol. The first-order chi connectivity index (χ1) is 12.3. The van der Waals surface area contributed by atoms with E-state index in [1.165, 1.54) is 0 Å². The topological polar surface area (TPSA) is 68.7 Å². The fourth-order valence-corrected chi connectivity index (χ4v) is 2.79. The molecule has 0 amide bonds. The van der Waals surface area contributed by atoms with E-state index in [-0.39, 0.29) is 6.04 Å². The second-order valence-electron chi connectivity index (χ2n) is 5.81. The van der Waals surface area contributed by atoms with Gasteiger partial charge in [-0.25, -0.2) is 4.98 Å². The lowest BCUT2D eigenvalue weighted by Crippen LogP contribution is -2.40.